The van der Waals surface area contributed by atoms with Crippen LogP contribution in [0.25, 0.3) is 0 Å². The molecule has 0 nitrogen and oxygen atoms in total. The molecule has 0 saturated carbocycles. The first-order chi connectivity index (χ1) is 6.58. The molecule has 0 amide bonds. The lowest BCUT2D eigenvalue weighted by molar-refractivity contribution is 0.503. The van der Waals surface area contributed by atoms with Crippen molar-refractivity contribution in [3.05, 3.63) is 35.9 Å². The van der Waals surface area contributed by atoms with Gasteiger partial charge in [0, 0.05) is 6.42 Å². The lowest BCUT2D eigenvalue weighted by Gasteiger charge is -2.02. The highest BCUT2D eigenvalue weighted by Gasteiger charge is 2.17. The van der Waals surface area contributed by atoms with Gasteiger partial charge in [-0.2, -0.15) is 0 Å². The van der Waals surface area contributed by atoms with Crippen LogP contribution in [-0.4, -0.2) is 6.98 Å². The zero-order valence-corrected chi connectivity index (χ0v) is 7.51. The summed E-state index contributed by atoms with van der Waals surface area (Å²) < 4.78 is 35.0. The molecule has 0 aromatic heterocycles. The molecule has 0 bridgehead atoms. The van der Waals surface area contributed by atoms with Crippen molar-refractivity contribution in [1.29, 1.82) is 0 Å². The van der Waals surface area contributed by atoms with Crippen LogP contribution >= 0.6 is 0 Å². The fourth-order valence-corrected chi connectivity index (χ4v) is 1.04. The van der Waals surface area contributed by atoms with Gasteiger partial charge in [-0.1, -0.05) is 30.3 Å². The van der Waals surface area contributed by atoms with Gasteiger partial charge in [0.05, 0.1) is 0 Å². The zero-order valence-electron chi connectivity index (χ0n) is 7.51. The van der Waals surface area contributed by atoms with E-state index in [1.54, 1.807) is 0 Å². The van der Waals surface area contributed by atoms with Gasteiger partial charge in [0.25, 0.3) is 0 Å². The van der Waals surface area contributed by atoms with E-state index in [4.69, 9.17) is 0 Å². The van der Waals surface area contributed by atoms with Gasteiger partial charge in [-0.05, 0) is 12.0 Å². The van der Waals surface area contributed by atoms with Crippen molar-refractivity contribution in [3.8, 4) is 11.7 Å². The molecule has 0 fully saturated rings. The number of rotatable bonds is 2. The molecule has 4 heteroatoms. The summed E-state index contributed by atoms with van der Waals surface area (Å²) in [5.74, 6) is 3.43. The number of aryl methyl sites for hydroxylation is 1. The topological polar surface area (TPSA) is 0 Å². The van der Waals surface area contributed by atoms with Gasteiger partial charge in [0.2, 0.25) is 0 Å². The van der Waals surface area contributed by atoms with Gasteiger partial charge >= 0.3 is 6.98 Å². The predicted octanol–water partition coefficient (Wildman–Crippen LogP) is 3.01. The van der Waals surface area contributed by atoms with Crippen LogP contribution in [0.2, 0.25) is 0 Å². The maximum Gasteiger partial charge on any atom is 0.557 e. The molecule has 1 aromatic carbocycles. The Kier molecular flexibility index (Phi) is 3.64. The molecule has 1 rings (SSSR count). The van der Waals surface area contributed by atoms with Crippen LogP contribution in [0.5, 0.6) is 0 Å². The molecule has 0 aliphatic rings. The second-order valence-electron chi connectivity index (χ2n) is 2.88. The van der Waals surface area contributed by atoms with E-state index in [0.717, 1.165) is 5.56 Å². The first kappa shape index (κ1) is 10.7. The lowest BCUT2D eigenvalue weighted by atomic mass is 9.93. The Hall–Kier alpha value is -1.37. The summed E-state index contributed by atoms with van der Waals surface area (Å²) in [7, 11) is 0. The van der Waals surface area contributed by atoms with Crippen molar-refractivity contribution < 1.29 is 12.9 Å². The van der Waals surface area contributed by atoms with Gasteiger partial charge < -0.3 is 12.9 Å². The Bertz CT molecular complexity index is 332. The molecule has 0 aliphatic heterocycles. The highest BCUT2D eigenvalue weighted by molar-refractivity contribution is 6.67. The van der Waals surface area contributed by atoms with Crippen molar-refractivity contribution in [3.63, 3.8) is 0 Å². The maximum atomic E-state index is 11.7. The third-order valence-electron chi connectivity index (χ3n) is 1.65. The Morgan fingerprint density at radius 3 is 2.29 bits per heavy atom. The van der Waals surface area contributed by atoms with E-state index >= 15 is 0 Å². The molecule has 0 heterocycles. The number of halogens is 3. The van der Waals surface area contributed by atoms with E-state index in [1.807, 2.05) is 30.3 Å². The van der Waals surface area contributed by atoms with E-state index in [0.29, 0.717) is 6.42 Å². The van der Waals surface area contributed by atoms with E-state index in [9.17, 15) is 12.9 Å². The van der Waals surface area contributed by atoms with Gasteiger partial charge in [-0.3, -0.25) is 0 Å². The van der Waals surface area contributed by atoms with Crippen molar-refractivity contribution in [1.82, 2.24) is 0 Å². The number of hydrogen-bond donors (Lipinski definition) is 0. The summed E-state index contributed by atoms with van der Waals surface area (Å²) >= 11 is 0. The summed E-state index contributed by atoms with van der Waals surface area (Å²) in [6.45, 7) is -4.95. The second kappa shape index (κ2) is 4.76. The average molecular weight is 197 g/mol. The normalized spacial score (nSPS) is 10.5. The third-order valence-corrected chi connectivity index (χ3v) is 1.65. The minimum absolute atomic E-state index is 0.255. The van der Waals surface area contributed by atoms with Gasteiger partial charge in [-0.25, -0.2) is 5.82 Å². The fraction of sp³-hybridized carbons (Fsp3) is 0.200. The second-order valence-corrected chi connectivity index (χ2v) is 2.88. The Morgan fingerprint density at radius 1 is 1.07 bits per heavy atom. The summed E-state index contributed by atoms with van der Waals surface area (Å²) in [5.41, 5.74) is 1.01. The smallest absolute Gasteiger partial charge is 0.438 e. The van der Waals surface area contributed by atoms with Crippen LogP contribution in [0.1, 0.15) is 12.0 Å². The Balaban J connectivity index is 2.39. The van der Waals surface area contributed by atoms with Crippen LogP contribution in [0, 0.1) is 11.7 Å². The molecule has 0 N–H and O–H groups in total. The lowest BCUT2D eigenvalue weighted by Crippen LogP contribution is -2.10. The van der Waals surface area contributed by atoms with Crippen LogP contribution in [-0.2, 0) is 6.42 Å². The monoisotopic (exact) mass is 197 g/mol. The van der Waals surface area contributed by atoms with E-state index in [1.165, 1.54) is 5.82 Å². The molecule has 74 valence electrons. The van der Waals surface area contributed by atoms with Crippen molar-refractivity contribution in [2.75, 3.05) is 0 Å². The predicted molar refractivity (Wildman–Crippen MR) is 51.6 cm³/mol. The van der Waals surface area contributed by atoms with Gasteiger partial charge in [0.1, 0.15) is 0 Å². The van der Waals surface area contributed by atoms with E-state index in [2.05, 4.69) is 5.92 Å². The molecule has 0 atom stereocenters. The van der Waals surface area contributed by atoms with E-state index in [-0.39, 0.29) is 6.42 Å². The molecular formula is C10H9BF3-. The van der Waals surface area contributed by atoms with Crippen LogP contribution in [0.15, 0.2) is 30.3 Å². The fourth-order valence-electron chi connectivity index (χ4n) is 1.04. The first-order valence-electron chi connectivity index (χ1n) is 4.31. The van der Waals surface area contributed by atoms with Crippen LogP contribution < -0.4 is 0 Å². The van der Waals surface area contributed by atoms with Crippen molar-refractivity contribution in [2.45, 2.75) is 12.8 Å². The average Bonchev–Trinajstić information content (AvgIpc) is 2.13. The Labute approximate surface area is 81.2 Å². The standard InChI is InChI=1S/C10H9BF3/c12-11(13,14)9-5-4-8-10-6-2-1-3-7-10/h1-3,6-7H,4,8H2/q-1. The third kappa shape index (κ3) is 4.61. The van der Waals surface area contributed by atoms with Crippen LogP contribution in [0.3, 0.4) is 0 Å². The summed E-state index contributed by atoms with van der Waals surface area (Å²) in [6, 6.07) is 9.34. The first-order valence-corrected chi connectivity index (χ1v) is 4.31. The highest BCUT2D eigenvalue weighted by atomic mass is 19.4. The number of hydrogen-bond acceptors (Lipinski definition) is 0. The number of benzene rings is 1. The largest absolute Gasteiger partial charge is 0.557 e. The minimum atomic E-state index is -4.95. The quantitative estimate of drug-likeness (QED) is 0.504. The summed E-state index contributed by atoms with van der Waals surface area (Å²) in [5, 5.41) is 0. The van der Waals surface area contributed by atoms with Gasteiger partial charge in [0.15, 0.2) is 0 Å². The summed E-state index contributed by atoms with van der Waals surface area (Å²) in [6.07, 6.45) is 0.825. The van der Waals surface area contributed by atoms with E-state index < -0.39 is 6.98 Å². The maximum absolute atomic E-state index is 11.7. The molecular weight excluding hydrogens is 188 g/mol. The SMILES string of the molecule is F[B-](F)(F)C#CCCc1ccccc1. The summed E-state index contributed by atoms with van der Waals surface area (Å²) in [4.78, 5) is 0. The minimum Gasteiger partial charge on any atom is -0.438 e. The van der Waals surface area contributed by atoms with Crippen LogP contribution in [0.4, 0.5) is 12.9 Å². The molecule has 0 saturated heterocycles. The molecule has 1 aromatic rings. The molecule has 0 radical (unpaired) electrons. The molecule has 0 unspecified atom stereocenters. The highest BCUT2D eigenvalue weighted by Crippen LogP contribution is 2.06. The molecule has 0 aliphatic carbocycles. The Morgan fingerprint density at radius 2 is 1.71 bits per heavy atom. The molecule has 0 spiro atoms. The van der Waals surface area contributed by atoms with Crippen molar-refractivity contribution in [2.24, 2.45) is 0 Å². The molecule has 14 heavy (non-hydrogen) atoms. The zero-order chi connectivity index (χ0) is 10.4. The van der Waals surface area contributed by atoms with Crippen molar-refractivity contribution >= 4 is 6.98 Å². The van der Waals surface area contributed by atoms with Gasteiger partial charge in [-0.15, -0.1) is 5.92 Å².